The number of primary sulfonamides is 1. The zero-order valence-corrected chi connectivity index (χ0v) is 13.1. The zero-order chi connectivity index (χ0) is 15.6. The SMILES string of the molecule is Cc1cc(S(N)(=O)=O)ccc1NC(=O)N1CCCC(C)C1. The van der Waals surface area contributed by atoms with Crippen LogP contribution >= 0.6 is 0 Å². The third-order valence-electron chi connectivity index (χ3n) is 3.71. The van der Waals surface area contributed by atoms with E-state index in [9.17, 15) is 13.2 Å². The lowest BCUT2D eigenvalue weighted by Gasteiger charge is -2.31. The molecule has 2 rings (SSSR count). The average molecular weight is 311 g/mol. The van der Waals surface area contributed by atoms with Gasteiger partial charge in [-0.15, -0.1) is 0 Å². The minimum absolute atomic E-state index is 0.0459. The Morgan fingerprint density at radius 3 is 2.71 bits per heavy atom. The number of anilines is 1. The quantitative estimate of drug-likeness (QED) is 0.873. The molecule has 2 amide bonds. The third-order valence-corrected chi connectivity index (χ3v) is 4.62. The summed E-state index contributed by atoms with van der Waals surface area (Å²) in [7, 11) is -3.72. The monoisotopic (exact) mass is 311 g/mol. The Kier molecular flexibility index (Phi) is 4.53. The van der Waals surface area contributed by atoms with Gasteiger partial charge in [-0.3, -0.25) is 0 Å². The van der Waals surface area contributed by atoms with Crippen molar-refractivity contribution in [2.75, 3.05) is 18.4 Å². The van der Waals surface area contributed by atoms with Crippen LogP contribution in [0.25, 0.3) is 0 Å². The highest BCUT2D eigenvalue weighted by molar-refractivity contribution is 7.89. The summed E-state index contributed by atoms with van der Waals surface area (Å²) in [5.74, 6) is 0.510. The second kappa shape index (κ2) is 6.03. The standard InChI is InChI=1S/C14H21N3O3S/c1-10-4-3-7-17(9-10)14(18)16-13-6-5-12(8-11(13)2)21(15,19)20/h5-6,8,10H,3-4,7,9H2,1-2H3,(H,16,18)(H2,15,19,20). The molecule has 1 aromatic rings. The molecule has 1 atom stereocenters. The Morgan fingerprint density at radius 2 is 2.14 bits per heavy atom. The molecule has 0 saturated carbocycles. The van der Waals surface area contributed by atoms with Crippen LogP contribution in [0.2, 0.25) is 0 Å². The van der Waals surface area contributed by atoms with Crippen LogP contribution in [-0.4, -0.2) is 32.4 Å². The Bertz CT molecular complexity index is 643. The maximum Gasteiger partial charge on any atom is 0.321 e. The summed E-state index contributed by atoms with van der Waals surface area (Å²) < 4.78 is 22.6. The van der Waals surface area contributed by atoms with Gasteiger partial charge in [0.15, 0.2) is 0 Å². The van der Waals surface area contributed by atoms with Crippen molar-refractivity contribution in [3.63, 3.8) is 0 Å². The predicted molar refractivity (Wildman–Crippen MR) is 81.5 cm³/mol. The number of carbonyl (C=O) groups excluding carboxylic acids is 1. The van der Waals surface area contributed by atoms with Gasteiger partial charge in [0.2, 0.25) is 10.0 Å². The average Bonchev–Trinajstić information content (AvgIpc) is 2.39. The molecular weight excluding hydrogens is 290 g/mol. The molecule has 116 valence electrons. The number of piperidine rings is 1. The lowest BCUT2D eigenvalue weighted by molar-refractivity contribution is 0.182. The summed E-state index contributed by atoms with van der Waals surface area (Å²) >= 11 is 0. The van der Waals surface area contributed by atoms with E-state index < -0.39 is 10.0 Å². The number of urea groups is 1. The van der Waals surface area contributed by atoms with E-state index in [1.165, 1.54) is 12.1 Å². The van der Waals surface area contributed by atoms with Gasteiger partial charge in [-0.25, -0.2) is 18.4 Å². The molecule has 21 heavy (non-hydrogen) atoms. The highest BCUT2D eigenvalue weighted by atomic mass is 32.2. The van der Waals surface area contributed by atoms with Crippen molar-refractivity contribution in [2.45, 2.75) is 31.6 Å². The van der Waals surface area contributed by atoms with E-state index in [0.717, 1.165) is 25.9 Å². The van der Waals surface area contributed by atoms with Crippen molar-refractivity contribution in [1.29, 1.82) is 0 Å². The number of hydrogen-bond donors (Lipinski definition) is 2. The van der Waals surface area contributed by atoms with Crippen LogP contribution in [0, 0.1) is 12.8 Å². The number of aryl methyl sites for hydroxylation is 1. The molecule has 1 fully saturated rings. The summed E-state index contributed by atoms with van der Waals surface area (Å²) in [4.78, 5) is 14.1. The molecule has 0 aliphatic carbocycles. The van der Waals surface area contributed by atoms with Gasteiger partial charge in [0, 0.05) is 18.8 Å². The number of sulfonamides is 1. The lowest BCUT2D eigenvalue weighted by atomic mass is 10.0. The first-order valence-electron chi connectivity index (χ1n) is 6.97. The molecule has 1 aliphatic rings. The molecule has 0 bridgehead atoms. The van der Waals surface area contributed by atoms with Crippen molar-refractivity contribution >= 4 is 21.7 Å². The summed E-state index contributed by atoms with van der Waals surface area (Å²) in [5, 5.41) is 7.92. The maximum absolute atomic E-state index is 12.2. The van der Waals surface area contributed by atoms with Gasteiger partial charge in [-0.05, 0) is 49.4 Å². The van der Waals surface area contributed by atoms with Crippen LogP contribution in [0.15, 0.2) is 23.1 Å². The molecule has 7 heteroatoms. The fraction of sp³-hybridized carbons (Fsp3) is 0.500. The molecule has 1 aromatic carbocycles. The van der Waals surface area contributed by atoms with E-state index >= 15 is 0 Å². The number of carbonyl (C=O) groups is 1. The number of hydrogen-bond acceptors (Lipinski definition) is 3. The summed E-state index contributed by atoms with van der Waals surface area (Å²) in [6.45, 7) is 5.37. The fourth-order valence-electron chi connectivity index (χ4n) is 2.52. The fourth-order valence-corrected chi connectivity index (χ4v) is 3.12. The van der Waals surface area contributed by atoms with Crippen molar-refractivity contribution < 1.29 is 13.2 Å². The molecule has 0 aromatic heterocycles. The van der Waals surface area contributed by atoms with Crippen LogP contribution in [0.5, 0.6) is 0 Å². The van der Waals surface area contributed by atoms with Gasteiger partial charge in [0.25, 0.3) is 0 Å². The van der Waals surface area contributed by atoms with Crippen molar-refractivity contribution in [2.24, 2.45) is 11.1 Å². The number of amides is 2. The Morgan fingerprint density at radius 1 is 1.43 bits per heavy atom. The lowest BCUT2D eigenvalue weighted by Crippen LogP contribution is -2.41. The Hall–Kier alpha value is -1.60. The van der Waals surface area contributed by atoms with Crippen molar-refractivity contribution in [3.05, 3.63) is 23.8 Å². The van der Waals surface area contributed by atoms with Gasteiger partial charge >= 0.3 is 6.03 Å². The predicted octanol–water partition coefficient (Wildman–Crippen LogP) is 1.91. The van der Waals surface area contributed by atoms with Gasteiger partial charge < -0.3 is 10.2 Å². The second-order valence-corrected chi connectivity index (χ2v) is 7.21. The number of nitrogens with two attached hydrogens (primary N) is 1. The first kappa shape index (κ1) is 15.8. The number of rotatable bonds is 2. The number of likely N-dealkylation sites (tertiary alicyclic amines) is 1. The molecule has 1 unspecified atom stereocenters. The van der Waals surface area contributed by atoms with Gasteiger partial charge in [-0.2, -0.15) is 0 Å². The van der Waals surface area contributed by atoms with Crippen LogP contribution in [-0.2, 0) is 10.0 Å². The zero-order valence-electron chi connectivity index (χ0n) is 12.3. The normalized spacial score (nSPS) is 19.4. The molecule has 1 heterocycles. The molecule has 6 nitrogen and oxygen atoms in total. The molecule has 1 aliphatic heterocycles. The van der Waals surface area contributed by atoms with Crippen LogP contribution in [0.4, 0.5) is 10.5 Å². The van der Waals surface area contributed by atoms with Crippen molar-refractivity contribution in [3.8, 4) is 0 Å². The molecular formula is C14H21N3O3S. The molecule has 1 saturated heterocycles. The van der Waals surface area contributed by atoms with Crippen molar-refractivity contribution in [1.82, 2.24) is 4.90 Å². The number of nitrogens with zero attached hydrogens (tertiary/aromatic N) is 1. The van der Waals surface area contributed by atoms with Crippen LogP contribution in [0.3, 0.4) is 0 Å². The third kappa shape index (κ3) is 3.95. The van der Waals surface area contributed by atoms with E-state index in [4.69, 9.17) is 5.14 Å². The minimum atomic E-state index is -3.72. The summed E-state index contributed by atoms with van der Waals surface area (Å²) in [6.07, 6.45) is 2.16. The van der Waals surface area contributed by atoms with E-state index in [0.29, 0.717) is 17.2 Å². The Balaban J connectivity index is 2.11. The number of nitrogens with one attached hydrogen (secondary N) is 1. The first-order chi connectivity index (χ1) is 9.77. The van der Waals surface area contributed by atoms with Crippen LogP contribution in [0.1, 0.15) is 25.3 Å². The highest BCUT2D eigenvalue weighted by Crippen LogP contribution is 2.21. The molecule has 3 N–H and O–H groups in total. The minimum Gasteiger partial charge on any atom is -0.324 e. The van der Waals surface area contributed by atoms with Gasteiger partial charge in [0.05, 0.1) is 4.90 Å². The van der Waals surface area contributed by atoms with E-state index in [-0.39, 0.29) is 10.9 Å². The van der Waals surface area contributed by atoms with Gasteiger partial charge in [0.1, 0.15) is 0 Å². The van der Waals surface area contributed by atoms with Crippen LogP contribution < -0.4 is 10.5 Å². The molecule has 0 spiro atoms. The largest absolute Gasteiger partial charge is 0.324 e. The van der Waals surface area contributed by atoms with Gasteiger partial charge in [-0.1, -0.05) is 6.92 Å². The summed E-state index contributed by atoms with van der Waals surface area (Å²) in [5.41, 5.74) is 1.27. The Labute approximate surface area is 125 Å². The summed E-state index contributed by atoms with van der Waals surface area (Å²) in [6, 6.07) is 4.29. The maximum atomic E-state index is 12.2. The second-order valence-electron chi connectivity index (χ2n) is 5.65. The first-order valence-corrected chi connectivity index (χ1v) is 8.51. The molecule has 0 radical (unpaired) electrons. The van der Waals surface area contributed by atoms with E-state index in [1.54, 1.807) is 17.9 Å². The smallest absolute Gasteiger partial charge is 0.321 e. The topological polar surface area (TPSA) is 92.5 Å². The highest BCUT2D eigenvalue weighted by Gasteiger charge is 2.21. The van der Waals surface area contributed by atoms with E-state index in [2.05, 4.69) is 12.2 Å². The number of benzene rings is 1. The van der Waals surface area contributed by atoms with E-state index in [1.807, 2.05) is 0 Å².